The van der Waals surface area contributed by atoms with Gasteiger partial charge in [0.25, 0.3) is 0 Å². The molecular weight excluding hydrogens is 288 g/mol. The van der Waals surface area contributed by atoms with Crippen LogP contribution < -0.4 is 5.73 Å². The number of rotatable bonds is 5. The summed E-state index contributed by atoms with van der Waals surface area (Å²) >= 11 is 1.88. The minimum atomic E-state index is 0.152. The van der Waals surface area contributed by atoms with Crippen LogP contribution in [0.3, 0.4) is 0 Å². The molecule has 0 amide bonds. The van der Waals surface area contributed by atoms with Crippen molar-refractivity contribution in [2.75, 3.05) is 0 Å². The normalized spacial score (nSPS) is 14.1. The van der Waals surface area contributed by atoms with Gasteiger partial charge in [-0.1, -0.05) is 37.3 Å². The van der Waals surface area contributed by atoms with Gasteiger partial charge in [-0.2, -0.15) is 0 Å². The highest BCUT2D eigenvalue weighted by molar-refractivity contribution is 7.98. The number of nitrogens with one attached hydrogen (secondary N) is 1. The first-order valence-electron chi connectivity index (χ1n) is 7.68. The predicted octanol–water partition coefficient (Wildman–Crippen LogP) is 4.91. The maximum Gasteiger partial charge on any atom is 0.0457 e. The molecule has 2 nitrogen and oxygen atoms in total. The molecule has 2 aromatic carbocycles. The van der Waals surface area contributed by atoms with Gasteiger partial charge in [0, 0.05) is 33.8 Å². The molecule has 22 heavy (non-hydrogen) atoms. The fraction of sp³-hybridized carbons (Fsp3) is 0.263. The van der Waals surface area contributed by atoms with E-state index in [0.29, 0.717) is 5.92 Å². The predicted molar refractivity (Wildman–Crippen MR) is 96.4 cm³/mol. The van der Waals surface area contributed by atoms with Crippen LogP contribution >= 0.6 is 11.8 Å². The maximum absolute atomic E-state index is 6.07. The maximum atomic E-state index is 6.07. The summed E-state index contributed by atoms with van der Waals surface area (Å²) in [6.07, 6.45) is 2.10. The second-order valence-corrected chi connectivity index (χ2v) is 6.92. The number of fused-ring (bicyclic) bond motifs is 1. The molecule has 2 atom stereocenters. The molecule has 3 N–H and O–H groups in total. The largest absolute Gasteiger partial charge is 0.361 e. The summed E-state index contributed by atoms with van der Waals surface area (Å²) in [7, 11) is 0. The molecule has 0 saturated heterocycles. The highest BCUT2D eigenvalue weighted by atomic mass is 32.2. The summed E-state index contributed by atoms with van der Waals surface area (Å²) in [5.74, 6) is 1.35. The van der Waals surface area contributed by atoms with E-state index in [0.717, 1.165) is 5.75 Å². The van der Waals surface area contributed by atoms with Gasteiger partial charge in [0.2, 0.25) is 0 Å². The van der Waals surface area contributed by atoms with E-state index in [4.69, 9.17) is 5.73 Å². The molecule has 1 aromatic heterocycles. The van der Waals surface area contributed by atoms with Crippen LogP contribution in [0.5, 0.6) is 0 Å². The number of nitrogens with two attached hydrogens (primary N) is 1. The Morgan fingerprint density at radius 1 is 1.09 bits per heavy atom. The van der Waals surface area contributed by atoms with Gasteiger partial charge >= 0.3 is 0 Å². The number of benzene rings is 2. The van der Waals surface area contributed by atoms with Crippen LogP contribution in [-0.2, 0) is 5.75 Å². The van der Waals surface area contributed by atoms with Gasteiger partial charge in [-0.3, -0.25) is 0 Å². The SMILES string of the molecule is CC(N)C(C)c1c[nH]c2ccc(SCc3ccccc3)cc12. The Kier molecular flexibility index (Phi) is 4.55. The third-order valence-electron chi connectivity index (χ3n) is 4.21. The highest BCUT2D eigenvalue weighted by Crippen LogP contribution is 2.31. The van der Waals surface area contributed by atoms with E-state index in [9.17, 15) is 0 Å². The second kappa shape index (κ2) is 6.59. The molecule has 2 unspecified atom stereocenters. The molecule has 0 fully saturated rings. The van der Waals surface area contributed by atoms with Crippen LogP contribution in [0.2, 0.25) is 0 Å². The molecule has 0 aliphatic heterocycles. The van der Waals surface area contributed by atoms with E-state index < -0.39 is 0 Å². The lowest BCUT2D eigenvalue weighted by Gasteiger charge is -2.14. The molecule has 3 heteroatoms. The molecule has 3 aromatic rings. The molecule has 0 spiro atoms. The minimum absolute atomic E-state index is 0.152. The average Bonchev–Trinajstić information content (AvgIpc) is 2.96. The lowest BCUT2D eigenvalue weighted by atomic mass is 9.95. The van der Waals surface area contributed by atoms with Crippen LogP contribution in [0.25, 0.3) is 10.9 Å². The van der Waals surface area contributed by atoms with E-state index in [1.807, 2.05) is 11.8 Å². The molecule has 1 heterocycles. The molecule has 0 radical (unpaired) electrons. The zero-order chi connectivity index (χ0) is 15.5. The molecule has 0 aliphatic rings. The van der Waals surface area contributed by atoms with Crippen molar-refractivity contribution in [2.24, 2.45) is 5.73 Å². The first-order chi connectivity index (χ1) is 10.6. The number of H-pyrrole nitrogens is 1. The van der Waals surface area contributed by atoms with Crippen LogP contribution in [-0.4, -0.2) is 11.0 Å². The van der Waals surface area contributed by atoms with Crippen molar-refractivity contribution in [1.82, 2.24) is 4.98 Å². The fourth-order valence-corrected chi connectivity index (χ4v) is 3.50. The van der Waals surface area contributed by atoms with Gasteiger partial charge in [0.05, 0.1) is 0 Å². The van der Waals surface area contributed by atoms with Gasteiger partial charge in [0.1, 0.15) is 0 Å². The smallest absolute Gasteiger partial charge is 0.0457 e. The molecule has 0 saturated carbocycles. The van der Waals surface area contributed by atoms with E-state index in [1.54, 1.807) is 0 Å². The van der Waals surface area contributed by atoms with Crippen molar-refractivity contribution in [1.29, 1.82) is 0 Å². The Bertz CT molecular complexity index is 746. The minimum Gasteiger partial charge on any atom is -0.361 e. The average molecular weight is 310 g/mol. The van der Waals surface area contributed by atoms with Gasteiger partial charge in [-0.25, -0.2) is 0 Å². The Labute approximate surface area is 136 Å². The number of hydrogen-bond donors (Lipinski definition) is 2. The summed E-state index contributed by atoms with van der Waals surface area (Å²) in [6, 6.07) is 17.4. The number of hydrogen-bond acceptors (Lipinski definition) is 2. The monoisotopic (exact) mass is 310 g/mol. The summed E-state index contributed by atoms with van der Waals surface area (Å²) in [6.45, 7) is 4.26. The van der Waals surface area contributed by atoms with Crippen molar-refractivity contribution in [2.45, 2.75) is 36.5 Å². The topological polar surface area (TPSA) is 41.8 Å². The van der Waals surface area contributed by atoms with Crippen LogP contribution in [0.4, 0.5) is 0 Å². The van der Waals surface area contributed by atoms with Gasteiger partial charge < -0.3 is 10.7 Å². The second-order valence-electron chi connectivity index (χ2n) is 5.87. The molecule has 3 rings (SSSR count). The van der Waals surface area contributed by atoms with Crippen molar-refractivity contribution in [3.8, 4) is 0 Å². The lowest BCUT2D eigenvalue weighted by Crippen LogP contribution is -2.22. The van der Waals surface area contributed by atoms with Crippen molar-refractivity contribution < 1.29 is 0 Å². The number of aromatic nitrogens is 1. The van der Waals surface area contributed by atoms with Crippen molar-refractivity contribution in [3.63, 3.8) is 0 Å². The van der Waals surface area contributed by atoms with Gasteiger partial charge in [-0.15, -0.1) is 11.8 Å². The third-order valence-corrected chi connectivity index (χ3v) is 5.28. The summed E-state index contributed by atoms with van der Waals surface area (Å²) < 4.78 is 0. The fourth-order valence-electron chi connectivity index (χ4n) is 2.61. The Morgan fingerprint density at radius 2 is 1.86 bits per heavy atom. The van der Waals surface area contributed by atoms with Crippen LogP contribution in [0.1, 0.15) is 30.9 Å². The van der Waals surface area contributed by atoms with Crippen LogP contribution in [0, 0.1) is 0 Å². The Hall–Kier alpha value is -1.71. The first-order valence-corrected chi connectivity index (χ1v) is 8.67. The van der Waals surface area contributed by atoms with Crippen LogP contribution in [0.15, 0.2) is 59.6 Å². The molecule has 0 bridgehead atoms. The number of thioether (sulfide) groups is 1. The number of aromatic amines is 1. The van der Waals surface area contributed by atoms with Gasteiger partial charge in [0.15, 0.2) is 0 Å². The summed E-state index contributed by atoms with van der Waals surface area (Å²) in [4.78, 5) is 4.66. The Morgan fingerprint density at radius 3 is 2.59 bits per heavy atom. The standard InChI is InChI=1S/C19H22N2S/c1-13(14(2)20)18-11-21-19-9-8-16(10-17(18)19)22-12-15-6-4-3-5-7-15/h3-11,13-14,21H,12,20H2,1-2H3. The third kappa shape index (κ3) is 3.21. The molecular formula is C19H22N2S. The van der Waals surface area contributed by atoms with Crippen molar-refractivity contribution >= 4 is 22.7 Å². The quantitative estimate of drug-likeness (QED) is 0.657. The molecule has 114 valence electrons. The van der Waals surface area contributed by atoms with Gasteiger partial charge in [-0.05, 0) is 42.2 Å². The van der Waals surface area contributed by atoms with E-state index >= 15 is 0 Å². The van der Waals surface area contributed by atoms with E-state index in [-0.39, 0.29) is 6.04 Å². The molecule has 0 aliphatic carbocycles. The zero-order valence-corrected chi connectivity index (χ0v) is 13.9. The summed E-state index contributed by atoms with van der Waals surface area (Å²) in [5, 5.41) is 1.29. The zero-order valence-electron chi connectivity index (χ0n) is 13.0. The lowest BCUT2D eigenvalue weighted by molar-refractivity contribution is 0.617. The van der Waals surface area contributed by atoms with E-state index in [1.165, 1.54) is 26.9 Å². The first kappa shape index (κ1) is 15.2. The van der Waals surface area contributed by atoms with E-state index in [2.05, 4.69) is 73.6 Å². The highest BCUT2D eigenvalue weighted by Gasteiger charge is 2.15. The Balaban J connectivity index is 1.84. The van der Waals surface area contributed by atoms with Crippen molar-refractivity contribution in [3.05, 3.63) is 65.9 Å². The summed E-state index contributed by atoms with van der Waals surface area (Å²) in [5.41, 5.74) is 9.92.